The van der Waals surface area contributed by atoms with Crippen molar-refractivity contribution in [2.45, 2.75) is 32.8 Å². The van der Waals surface area contributed by atoms with Crippen molar-refractivity contribution >= 4 is 136 Å². The van der Waals surface area contributed by atoms with Gasteiger partial charge in [0.15, 0.2) is 0 Å². The molecule has 1 aliphatic carbocycles. The zero-order chi connectivity index (χ0) is 22.4. The molecule has 2 atom stereocenters. The number of allylic oxidation sites excluding steroid dienone is 4. The molecule has 0 heterocycles. The summed E-state index contributed by atoms with van der Waals surface area (Å²) in [6, 6.07) is 6.07. The maximum absolute atomic E-state index is 10.7. The van der Waals surface area contributed by atoms with Crippen LogP contribution < -0.4 is 0 Å². The molecule has 0 bridgehead atoms. The molecule has 1 unspecified atom stereocenters. The molecule has 0 aromatic heterocycles. The van der Waals surface area contributed by atoms with E-state index in [2.05, 4.69) is 178 Å². The van der Waals surface area contributed by atoms with E-state index in [9.17, 15) is 5.11 Å². The highest BCUT2D eigenvalue weighted by Crippen LogP contribution is 2.44. The zero-order valence-electron chi connectivity index (χ0n) is 16.8. The van der Waals surface area contributed by atoms with Gasteiger partial charge in [0.05, 0.1) is 7.09 Å². The minimum Gasteiger partial charge on any atom is -0.508 e. The number of hydrogen-bond acceptors (Lipinski definition) is 2. The van der Waals surface area contributed by atoms with Crippen LogP contribution in [0, 0.1) is 12.8 Å². The summed E-state index contributed by atoms with van der Waals surface area (Å²) >= 11 is 15.6. The summed E-state index contributed by atoms with van der Waals surface area (Å²) in [7, 11) is 0. The third-order valence-electron chi connectivity index (χ3n) is 5.56. The summed E-state index contributed by atoms with van der Waals surface area (Å²) in [5, 5.41) is 10.7. The first kappa shape index (κ1) is 29.1. The molecule has 30 heavy (non-hydrogen) atoms. The van der Waals surface area contributed by atoms with Crippen molar-refractivity contribution in [1.29, 1.82) is 0 Å². The number of aryl methyl sites for hydroxylation is 1. The fraction of sp³-hybridized carbons (Fsp3) is 0.545. The fourth-order valence-corrected chi connectivity index (χ4v) is 10.5. The normalized spacial score (nSPS) is 18.2. The molecule has 8 heteroatoms. The lowest BCUT2D eigenvalue weighted by Gasteiger charge is -2.48. The molecule has 0 amide bonds. The quantitative estimate of drug-likeness (QED) is 0.137. The van der Waals surface area contributed by atoms with Crippen LogP contribution in [0.1, 0.15) is 29.9 Å². The third kappa shape index (κ3) is 7.42. The lowest BCUT2D eigenvalue weighted by Crippen LogP contribution is -2.59. The largest absolute Gasteiger partial charge is 0.508 e. The summed E-state index contributed by atoms with van der Waals surface area (Å²) in [5.74, 6) is 1.17. The highest BCUT2D eigenvalue weighted by atomic mass is 127. The number of halogens is 6. The van der Waals surface area contributed by atoms with Gasteiger partial charge in [-0.15, -0.1) is 0 Å². The van der Waals surface area contributed by atoms with Crippen LogP contribution in [0.2, 0.25) is 0 Å². The van der Waals surface area contributed by atoms with E-state index in [0.717, 1.165) is 42.7 Å². The summed E-state index contributed by atoms with van der Waals surface area (Å²) in [6.45, 7) is 3.14. The molecule has 1 aromatic carbocycles. The second kappa shape index (κ2) is 13.8. The Morgan fingerprint density at radius 3 is 2.13 bits per heavy atom. The Morgan fingerprint density at radius 2 is 1.63 bits per heavy atom. The Hall–Kier alpha value is 2.84. The molecule has 0 spiro atoms. The van der Waals surface area contributed by atoms with Crippen molar-refractivity contribution in [3.05, 3.63) is 53.6 Å². The van der Waals surface area contributed by atoms with Gasteiger partial charge in [0.1, 0.15) is 5.75 Å². The lowest BCUT2D eigenvalue weighted by molar-refractivity contribution is 0.161. The van der Waals surface area contributed by atoms with Crippen molar-refractivity contribution in [3.8, 4) is 5.75 Å². The molecule has 0 aliphatic heterocycles. The number of phenolic OH excluding ortho intramolecular Hbond substituents is 1. The van der Waals surface area contributed by atoms with Crippen LogP contribution in [0.15, 0.2) is 42.5 Å². The molecule has 0 saturated carbocycles. The smallest absolute Gasteiger partial charge is 0.119 e. The Kier molecular flexibility index (Phi) is 13.4. The van der Waals surface area contributed by atoms with E-state index in [0.29, 0.717) is 17.6 Å². The minimum absolute atomic E-state index is 0.123. The second-order valence-electron chi connectivity index (χ2n) is 7.69. The molecule has 2 rings (SSSR count). The molecule has 168 valence electrons. The van der Waals surface area contributed by atoms with E-state index >= 15 is 0 Å². The summed E-state index contributed by atoms with van der Waals surface area (Å²) < 4.78 is 4.63. The summed E-state index contributed by atoms with van der Waals surface area (Å²) in [4.78, 5) is 2.75. The number of rotatable bonds is 11. The van der Waals surface area contributed by atoms with Crippen molar-refractivity contribution in [2.24, 2.45) is 5.92 Å². The summed E-state index contributed by atoms with van der Waals surface area (Å²) in [6.07, 6.45) is 11.0. The van der Waals surface area contributed by atoms with Crippen LogP contribution >= 0.6 is 136 Å². The van der Waals surface area contributed by atoms with Gasteiger partial charge in [-0.2, -0.15) is 0 Å². The van der Waals surface area contributed by atoms with Gasteiger partial charge >= 0.3 is 0 Å². The Morgan fingerprint density at radius 1 is 1.03 bits per heavy atom. The number of benzene rings is 1. The lowest BCUT2D eigenvalue weighted by atomic mass is 9.79. The minimum atomic E-state index is 0.123. The third-order valence-corrected chi connectivity index (χ3v) is 19.1. The highest BCUT2D eigenvalue weighted by molar-refractivity contribution is 14.1. The van der Waals surface area contributed by atoms with E-state index in [-0.39, 0.29) is 7.09 Å². The van der Waals surface area contributed by atoms with Gasteiger partial charge in [-0.3, -0.25) is 4.90 Å². The number of aromatic hydroxyl groups is 1. The first-order valence-electron chi connectivity index (χ1n) is 9.77. The highest BCUT2D eigenvalue weighted by Gasteiger charge is 2.44. The van der Waals surface area contributed by atoms with Crippen LogP contribution in [0.5, 0.6) is 5.75 Å². The van der Waals surface area contributed by atoms with Crippen molar-refractivity contribution in [3.63, 3.8) is 0 Å². The van der Waals surface area contributed by atoms with E-state index < -0.39 is 0 Å². The van der Waals surface area contributed by atoms with Gasteiger partial charge in [0.2, 0.25) is 0 Å². The molecule has 1 N–H and O–H groups in total. The molecule has 0 fully saturated rings. The van der Waals surface area contributed by atoms with Crippen molar-refractivity contribution in [2.75, 3.05) is 24.3 Å². The number of nitrogens with zero attached hydrogens (tertiary/aromatic N) is 1. The Balaban J connectivity index is 2.40. The Labute approximate surface area is 263 Å². The number of phenols is 1. The average molecular weight is 1080 g/mol. The van der Waals surface area contributed by atoms with Crippen molar-refractivity contribution in [1.82, 2.24) is 4.90 Å². The van der Waals surface area contributed by atoms with E-state index in [1.165, 1.54) is 5.56 Å². The molecule has 1 aliphatic rings. The van der Waals surface area contributed by atoms with Gasteiger partial charge in [0, 0.05) is 24.3 Å². The van der Waals surface area contributed by atoms with Crippen LogP contribution in [0.3, 0.4) is 0 Å². The maximum Gasteiger partial charge on any atom is 0.119 e. The van der Waals surface area contributed by atoms with Crippen LogP contribution in [0.25, 0.3) is 0 Å². The van der Waals surface area contributed by atoms with Crippen LogP contribution in [-0.2, 0) is 0 Å². The predicted octanol–water partition coefficient (Wildman–Crippen LogP) is 8.61. The average Bonchev–Trinajstić information content (AvgIpc) is 2.78. The Bertz CT molecular complexity index is 727. The van der Waals surface area contributed by atoms with E-state index in [1.807, 2.05) is 12.1 Å². The zero-order valence-corrected chi connectivity index (χ0v) is 29.8. The van der Waals surface area contributed by atoms with Crippen molar-refractivity contribution < 1.29 is 5.11 Å². The van der Waals surface area contributed by atoms with E-state index in [1.54, 1.807) is 0 Å². The van der Waals surface area contributed by atoms with E-state index in [4.69, 9.17) is 0 Å². The molecule has 2 nitrogen and oxygen atoms in total. The van der Waals surface area contributed by atoms with Gasteiger partial charge in [0.25, 0.3) is 0 Å². The SMILES string of the molecule is Cc1ccc(O)c([C@H](CCN(C(I)(CI)CI)C(I)(CI)CI)C2C=CC=CC2)c1. The van der Waals surface area contributed by atoms with Gasteiger partial charge in [-0.1, -0.05) is 178 Å². The number of hydrogen-bond donors (Lipinski definition) is 1. The summed E-state index contributed by atoms with van der Waals surface area (Å²) in [5.41, 5.74) is 2.32. The maximum atomic E-state index is 10.7. The molecule has 1 aromatic rings. The first-order chi connectivity index (χ1) is 14.2. The second-order valence-corrected chi connectivity index (χ2v) is 14.8. The fourth-order valence-electron chi connectivity index (χ4n) is 3.86. The van der Waals surface area contributed by atoms with Crippen LogP contribution in [-0.4, -0.2) is 41.4 Å². The predicted molar refractivity (Wildman–Crippen MR) is 182 cm³/mol. The molecular weight excluding hydrogens is 1060 g/mol. The standard InChI is InChI=1S/C22H27I6NO/c1-16-7-8-20(30)19(11-16)18(17-5-3-2-4-6-17)9-10-29(21(27,12-23)13-24)22(28,14-25)15-26/h2-5,7-8,11,17-18,30H,6,9-10,12-15H2,1H3/t17?,18-/m1/s1. The topological polar surface area (TPSA) is 23.5 Å². The van der Waals surface area contributed by atoms with Gasteiger partial charge < -0.3 is 5.11 Å². The molecular formula is C22H27I6NO. The van der Waals surface area contributed by atoms with Gasteiger partial charge in [-0.25, -0.2) is 0 Å². The molecule has 0 radical (unpaired) electrons. The van der Waals surface area contributed by atoms with Crippen LogP contribution in [0.4, 0.5) is 0 Å². The number of alkyl halides is 6. The molecule has 0 saturated heterocycles. The first-order valence-corrected chi connectivity index (χ1v) is 18.0. The monoisotopic (exact) mass is 1080 g/mol. The van der Waals surface area contributed by atoms with Gasteiger partial charge in [-0.05, 0) is 43.2 Å².